The molecule has 1 saturated heterocycles. The molecule has 2 aromatic carbocycles. The first-order chi connectivity index (χ1) is 13.3. The summed E-state index contributed by atoms with van der Waals surface area (Å²) in [5.74, 6) is 0.870. The van der Waals surface area contributed by atoms with E-state index in [4.69, 9.17) is 0 Å². The van der Waals surface area contributed by atoms with Gasteiger partial charge in [-0.25, -0.2) is 9.97 Å². The van der Waals surface area contributed by atoms with Gasteiger partial charge in [-0.1, -0.05) is 42.5 Å². The lowest BCUT2D eigenvalue weighted by atomic mass is 9.97. The van der Waals surface area contributed by atoms with Crippen molar-refractivity contribution < 1.29 is 4.79 Å². The molecule has 1 aliphatic rings. The van der Waals surface area contributed by atoms with E-state index < -0.39 is 0 Å². The number of aromatic nitrogens is 2. The second-order valence-electron chi connectivity index (χ2n) is 6.77. The molecule has 1 unspecified atom stereocenters. The zero-order valence-electron chi connectivity index (χ0n) is 15.1. The van der Waals surface area contributed by atoms with Crippen molar-refractivity contribution in [1.82, 2.24) is 15.3 Å². The molecule has 0 radical (unpaired) electrons. The van der Waals surface area contributed by atoms with E-state index in [1.165, 1.54) is 0 Å². The summed E-state index contributed by atoms with van der Waals surface area (Å²) in [6.45, 7) is 0.648. The topological polar surface area (TPSA) is 66.9 Å². The maximum Gasteiger partial charge on any atom is 0.220 e. The van der Waals surface area contributed by atoms with Crippen molar-refractivity contribution in [2.45, 2.75) is 31.8 Å². The summed E-state index contributed by atoms with van der Waals surface area (Å²) in [5.41, 5.74) is 4.20. The summed E-state index contributed by atoms with van der Waals surface area (Å²) in [6, 6.07) is 18.3. The van der Waals surface area contributed by atoms with Gasteiger partial charge in [0.05, 0.1) is 6.04 Å². The number of rotatable bonds is 5. The number of benzene rings is 2. The van der Waals surface area contributed by atoms with Crippen LogP contribution in [0.25, 0.3) is 11.4 Å². The lowest BCUT2D eigenvalue weighted by molar-refractivity contribution is -0.123. The van der Waals surface area contributed by atoms with Crippen LogP contribution in [0.15, 0.2) is 67.0 Å². The van der Waals surface area contributed by atoms with E-state index in [0.717, 1.165) is 41.0 Å². The zero-order chi connectivity index (χ0) is 18.5. The lowest BCUT2D eigenvalue weighted by Crippen LogP contribution is -2.32. The Labute approximate surface area is 158 Å². The number of anilines is 1. The van der Waals surface area contributed by atoms with Crippen LogP contribution in [0.5, 0.6) is 0 Å². The molecule has 2 heterocycles. The quantitative estimate of drug-likeness (QED) is 0.721. The SMILES string of the molecule is O=C1CCCC(c2cccc(NCc3cnc(-c4ccccc4)nc3)c2)N1. The highest BCUT2D eigenvalue weighted by atomic mass is 16.1. The average Bonchev–Trinajstić information content (AvgIpc) is 2.73. The molecule has 5 heteroatoms. The molecular weight excluding hydrogens is 336 g/mol. The van der Waals surface area contributed by atoms with Crippen LogP contribution in [0.4, 0.5) is 5.69 Å². The Morgan fingerprint density at radius 2 is 1.85 bits per heavy atom. The van der Waals surface area contributed by atoms with Gasteiger partial charge in [0, 0.05) is 42.2 Å². The van der Waals surface area contributed by atoms with Crippen molar-refractivity contribution in [3.8, 4) is 11.4 Å². The Hall–Kier alpha value is -3.21. The standard InChI is InChI=1S/C22H22N4O/c27-21-11-5-10-20(26-21)18-8-4-9-19(12-18)23-13-16-14-24-22(25-15-16)17-6-2-1-3-7-17/h1-4,6-9,12,14-15,20,23H,5,10-11,13H2,(H,26,27). The molecule has 1 atom stereocenters. The van der Waals surface area contributed by atoms with Gasteiger partial charge in [-0.05, 0) is 30.5 Å². The Bertz CT molecular complexity index is 909. The Balaban J connectivity index is 1.40. The maximum absolute atomic E-state index is 11.6. The summed E-state index contributed by atoms with van der Waals surface area (Å²) < 4.78 is 0. The number of nitrogens with zero attached hydrogens (tertiary/aromatic N) is 2. The highest BCUT2D eigenvalue weighted by molar-refractivity contribution is 5.77. The molecular formula is C22H22N4O. The third kappa shape index (κ3) is 4.31. The first kappa shape index (κ1) is 17.2. The molecule has 136 valence electrons. The number of amides is 1. The molecule has 0 aliphatic carbocycles. The lowest BCUT2D eigenvalue weighted by Gasteiger charge is -2.24. The zero-order valence-corrected chi connectivity index (χ0v) is 15.1. The monoisotopic (exact) mass is 358 g/mol. The minimum absolute atomic E-state index is 0.112. The number of hydrogen-bond donors (Lipinski definition) is 2. The molecule has 1 aliphatic heterocycles. The molecule has 1 amide bonds. The van der Waals surface area contributed by atoms with Gasteiger partial charge in [0.15, 0.2) is 5.82 Å². The first-order valence-electron chi connectivity index (χ1n) is 9.27. The highest BCUT2D eigenvalue weighted by Crippen LogP contribution is 2.25. The van der Waals surface area contributed by atoms with Gasteiger partial charge < -0.3 is 10.6 Å². The molecule has 0 saturated carbocycles. The van der Waals surface area contributed by atoms with Crippen molar-refractivity contribution in [3.05, 3.63) is 78.1 Å². The maximum atomic E-state index is 11.6. The second-order valence-corrected chi connectivity index (χ2v) is 6.77. The molecule has 4 rings (SSSR count). The summed E-state index contributed by atoms with van der Waals surface area (Å²) in [4.78, 5) is 20.6. The third-order valence-electron chi connectivity index (χ3n) is 4.75. The molecule has 1 fully saturated rings. The van der Waals surface area contributed by atoms with Crippen LogP contribution in [0.1, 0.15) is 36.4 Å². The number of nitrogens with one attached hydrogen (secondary N) is 2. The molecule has 2 N–H and O–H groups in total. The average molecular weight is 358 g/mol. The van der Waals surface area contributed by atoms with Gasteiger partial charge in [0.2, 0.25) is 5.91 Å². The van der Waals surface area contributed by atoms with Crippen molar-refractivity contribution in [2.75, 3.05) is 5.32 Å². The van der Waals surface area contributed by atoms with Gasteiger partial charge in [0.25, 0.3) is 0 Å². The van der Waals surface area contributed by atoms with Crippen LogP contribution in [-0.2, 0) is 11.3 Å². The fourth-order valence-corrected chi connectivity index (χ4v) is 3.31. The molecule has 0 bridgehead atoms. The van der Waals surface area contributed by atoms with Gasteiger partial charge in [-0.15, -0.1) is 0 Å². The summed E-state index contributed by atoms with van der Waals surface area (Å²) in [6.07, 6.45) is 6.28. The Morgan fingerprint density at radius 3 is 2.63 bits per heavy atom. The largest absolute Gasteiger partial charge is 0.381 e. The normalized spacial score (nSPS) is 16.6. The predicted octanol–water partition coefficient (Wildman–Crippen LogP) is 4.10. The molecule has 27 heavy (non-hydrogen) atoms. The number of hydrogen-bond acceptors (Lipinski definition) is 4. The summed E-state index contributed by atoms with van der Waals surface area (Å²) >= 11 is 0. The van der Waals surface area contributed by atoms with Crippen LogP contribution < -0.4 is 10.6 Å². The Morgan fingerprint density at radius 1 is 1.04 bits per heavy atom. The van der Waals surface area contributed by atoms with Gasteiger partial charge in [-0.3, -0.25) is 4.79 Å². The van der Waals surface area contributed by atoms with E-state index in [-0.39, 0.29) is 11.9 Å². The minimum atomic E-state index is 0.112. The van der Waals surface area contributed by atoms with Gasteiger partial charge in [0.1, 0.15) is 0 Å². The van der Waals surface area contributed by atoms with Crippen molar-refractivity contribution in [1.29, 1.82) is 0 Å². The van der Waals surface area contributed by atoms with Crippen molar-refractivity contribution in [2.24, 2.45) is 0 Å². The number of carbonyl (C=O) groups is 1. The Kier molecular flexibility index (Phi) is 5.10. The van der Waals surface area contributed by atoms with Crippen LogP contribution in [0.2, 0.25) is 0 Å². The van der Waals surface area contributed by atoms with E-state index in [1.54, 1.807) is 0 Å². The molecule has 1 aromatic heterocycles. The van der Waals surface area contributed by atoms with Gasteiger partial charge in [-0.2, -0.15) is 0 Å². The summed E-state index contributed by atoms with van der Waals surface area (Å²) in [7, 11) is 0. The second kappa shape index (κ2) is 7.99. The molecule has 3 aromatic rings. The smallest absolute Gasteiger partial charge is 0.220 e. The van der Waals surface area contributed by atoms with Crippen molar-refractivity contribution >= 4 is 11.6 Å². The van der Waals surface area contributed by atoms with Crippen LogP contribution in [-0.4, -0.2) is 15.9 Å². The number of piperidine rings is 1. The van der Waals surface area contributed by atoms with E-state index in [9.17, 15) is 4.79 Å². The van der Waals surface area contributed by atoms with Crippen LogP contribution in [0.3, 0.4) is 0 Å². The fraction of sp³-hybridized carbons (Fsp3) is 0.227. The molecule has 0 spiro atoms. The number of carbonyl (C=O) groups excluding carboxylic acids is 1. The summed E-state index contributed by atoms with van der Waals surface area (Å²) in [5, 5.41) is 6.49. The minimum Gasteiger partial charge on any atom is -0.381 e. The van der Waals surface area contributed by atoms with Crippen molar-refractivity contribution in [3.63, 3.8) is 0 Å². The molecule has 5 nitrogen and oxygen atoms in total. The van der Waals surface area contributed by atoms with E-state index >= 15 is 0 Å². The van der Waals surface area contributed by atoms with E-state index in [2.05, 4.69) is 32.7 Å². The van der Waals surface area contributed by atoms with E-state index in [1.807, 2.05) is 54.9 Å². The van der Waals surface area contributed by atoms with Gasteiger partial charge >= 0.3 is 0 Å². The predicted molar refractivity (Wildman–Crippen MR) is 106 cm³/mol. The fourth-order valence-electron chi connectivity index (χ4n) is 3.31. The third-order valence-corrected chi connectivity index (χ3v) is 4.75. The van der Waals surface area contributed by atoms with Crippen LogP contribution >= 0.6 is 0 Å². The highest BCUT2D eigenvalue weighted by Gasteiger charge is 2.19. The first-order valence-corrected chi connectivity index (χ1v) is 9.27. The van der Waals surface area contributed by atoms with E-state index in [0.29, 0.717) is 13.0 Å². The van der Waals surface area contributed by atoms with Crippen LogP contribution in [0, 0.1) is 0 Å².